The average Bonchev–Trinajstić information content (AvgIpc) is 2.80. The van der Waals surface area contributed by atoms with Gasteiger partial charge in [0.25, 0.3) is 5.91 Å². The van der Waals surface area contributed by atoms with Crippen molar-refractivity contribution < 1.29 is 18.3 Å². The highest BCUT2D eigenvalue weighted by Crippen LogP contribution is 2.13. The van der Waals surface area contributed by atoms with Crippen molar-refractivity contribution in [1.29, 1.82) is 0 Å². The second-order valence-electron chi connectivity index (χ2n) is 4.70. The first kappa shape index (κ1) is 17.6. The van der Waals surface area contributed by atoms with Gasteiger partial charge in [-0.2, -0.15) is 0 Å². The fourth-order valence-electron chi connectivity index (χ4n) is 1.70. The number of rotatable bonds is 8. The van der Waals surface area contributed by atoms with E-state index in [1.807, 2.05) is 0 Å². The maximum Gasteiger partial charge on any atom is 0.267 e. The van der Waals surface area contributed by atoms with Crippen LogP contribution < -0.4 is 15.4 Å². The Morgan fingerprint density at radius 1 is 1.43 bits per heavy atom. The van der Waals surface area contributed by atoms with Crippen LogP contribution in [-0.2, 0) is 17.1 Å². The number of carbonyl (C=O) groups is 1. The minimum atomic E-state index is -3.66. The van der Waals surface area contributed by atoms with E-state index in [2.05, 4.69) is 15.4 Å². The molecule has 9 heteroatoms. The molecule has 0 bridgehead atoms. The fourth-order valence-corrected chi connectivity index (χ4v) is 2.80. The second-order valence-corrected chi connectivity index (χ2v) is 6.47. The van der Waals surface area contributed by atoms with E-state index in [0.29, 0.717) is 13.1 Å². The molecule has 0 spiro atoms. The number of hydrogen-bond donors (Lipinski definition) is 4. The molecule has 0 aliphatic heterocycles. The molecule has 0 saturated heterocycles. The highest BCUT2D eigenvalue weighted by Gasteiger charge is 2.19. The van der Waals surface area contributed by atoms with Crippen LogP contribution in [0.2, 0.25) is 0 Å². The number of nitrogens with one attached hydrogen (secondary N) is 3. The Kier molecular flexibility index (Phi) is 6.34. The molecular weight excluding hydrogens is 296 g/mol. The molecular formula is C12H22N4O4S. The summed E-state index contributed by atoms with van der Waals surface area (Å²) in [5.74, 6) is -0.349. The molecule has 0 radical (unpaired) electrons. The lowest BCUT2D eigenvalue weighted by Crippen LogP contribution is -2.34. The van der Waals surface area contributed by atoms with Crippen molar-refractivity contribution in [3.05, 3.63) is 18.0 Å². The van der Waals surface area contributed by atoms with Crippen molar-refractivity contribution in [3.63, 3.8) is 0 Å². The van der Waals surface area contributed by atoms with Gasteiger partial charge in [-0.25, -0.2) is 13.1 Å². The summed E-state index contributed by atoms with van der Waals surface area (Å²) in [5, 5.41) is 14.4. The van der Waals surface area contributed by atoms with Gasteiger partial charge in [0.05, 0.1) is 6.10 Å². The van der Waals surface area contributed by atoms with E-state index in [1.165, 1.54) is 23.9 Å². The maximum atomic E-state index is 12.1. The molecule has 1 aromatic heterocycles. The first-order valence-electron chi connectivity index (χ1n) is 6.55. The van der Waals surface area contributed by atoms with E-state index in [4.69, 9.17) is 5.11 Å². The topological polar surface area (TPSA) is 112 Å². The smallest absolute Gasteiger partial charge is 0.267 e. The summed E-state index contributed by atoms with van der Waals surface area (Å²) in [5.41, 5.74) is 0.269. The van der Waals surface area contributed by atoms with Gasteiger partial charge < -0.3 is 20.3 Å². The molecule has 0 aliphatic rings. The first-order chi connectivity index (χ1) is 9.77. The van der Waals surface area contributed by atoms with Gasteiger partial charge in [-0.15, -0.1) is 0 Å². The van der Waals surface area contributed by atoms with Crippen LogP contribution in [0.25, 0.3) is 0 Å². The van der Waals surface area contributed by atoms with E-state index >= 15 is 0 Å². The van der Waals surface area contributed by atoms with Gasteiger partial charge >= 0.3 is 0 Å². The Labute approximate surface area is 124 Å². The zero-order valence-electron chi connectivity index (χ0n) is 12.4. The Morgan fingerprint density at radius 3 is 2.67 bits per heavy atom. The minimum absolute atomic E-state index is 0.0409. The number of amides is 1. The molecule has 0 aromatic carbocycles. The third-order valence-electron chi connectivity index (χ3n) is 2.78. The molecule has 1 unspecified atom stereocenters. The van der Waals surface area contributed by atoms with Crippen LogP contribution in [0.3, 0.4) is 0 Å². The number of aromatic nitrogens is 1. The van der Waals surface area contributed by atoms with Crippen molar-refractivity contribution in [2.45, 2.75) is 17.9 Å². The zero-order chi connectivity index (χ0) is 16.0. The molecule has 21 heavy (non-hydrogen) atoms. The number of carbonyl (C=O) groups excluding carboxylic acids is 1. The van der Waals surface area contributed by atoms with E-state index in [-0.39, 0.29) is 23.0 Å². The van der Waals surface area contributed by atoms with Crippen LogP contribution in [0.4, 0.5) is 0 Å². The van der Waals surface area contributed by atoms with Gasteiger partial charge in [-0.3, -0.25) is 4.79 Å². The van der Waals surface area contributed by atoms with E-state index < -0.39 is 16.1 Å². The molecule has 120 valence electrons. The number of hydrogen-bond acceptors (Lipinski definition) is 5. The highest BCUT2D eigenvalue weighted by atomic mass is 32.2. The van der Waals surface area contributed by atoms with E-state index in [1.54, 1.807) is 14.0 Å². The Hall–Kier alpha value is -1.42. The summed E-state index contributed by atoms with van der Waals surface area (Å²) < 4.78 is 28.0. The SMILES string of the molecule is CNC(=O)c1cc(S(=O)(=O)NCCNCC(C)O)cn1C. The quantitative estimate of drug-likeness (QED) is 0.442. The third kappa shape index (κ3) is 5.12. The van der Waals surface area contributed by atoms with Gasteiger partial charge in [0, 0.05) is 39.9 Å². The fraction of sp³-hybridized carbons (Fsp3) is 0.583. The highest BCUT2D eigenvalue weighted by molar-refractivity contribution is 7.89. The molecule has 0 saturated carbocycles. The molecule has 1 heterocycles. The number of aliphatic hydroxyl groups excluding tert-OH is 1. The lowest BCUT2D eigenvalue weighted by atomic mass is 10.4. The van der Waals surface area contributed by atoms with Crippen molar-refractivity contribution in [2.24, 2.45) is 7.05 Å². The second kappa shape index (κ2) is 7.55. The van der Waals surface area contributed by atoms with Crippen LogP contribution in [0.15, 0.2) is 17.2 Å². The van der Waals surface area contributed by atoms with Gasteiger partial charge in [-0.1, -0.05) is 0 Å². The first-order valence-corrected chi connectivity index (χ1v) is 8.03. The largest absolute Gasteiger partial charge is 0.392 e. The summed E-state index contributed by atoms with van der Waals surface area (Å²) in [6.45, 7) is 2.63. The molecule has 8 nitrogen and oxygen atoms in total. The summed E-state index contributed by atoms with van der Waals surface area (Å²) in [4.78, 5) is 11.6. The Bertz CT molecular complexity index is 580. The van der Waals surface area contributed by atoms with Crippen molar-refractivity contribution in [2.75, 3.05) is 26.7 Å². The van der Waals surface area contributed by atoms with Crippen LogP contribution >= 0.6 is 0 Å². The number of aliphatic hydroxyl groups is 1. The Morgan fingerprint density at radius 2 is 2.10 bits per heavy atom. The summed E-state index contributed by atoms with van der Waals surface area (Å²) in [6.07, 6.45) is 0.904. The zero-order valence-corrected chi connectivity index (χ0v) is 13.2. The normalized spacial score (nSPS) is 13.1. The predicted molar refractivity (Wildman–Crippen MR) is 78.5 cm³/mol. The van der Waals surface area contributed by atoms with Gasteiger partial charge in [0.1, 0.15) is 10.6 Å². The molecule has 4 N–H and O–H groups in total. The van der Waals surface area contributed by atoms with Crippen molar-refractivity contribution >= 4 is 15.9 Å². The lowest BCUT2D eigenvalue weighted by Gasteiger charge is -2.07. The van der Waals surface area contributed by atoms with E-state index in [0.717, 1.165) is 0 Å². The van der Waals surface area contributed by atoms with Crippen LogP contribution in [0, 0.1) is 0 Å². The molecule has 1 amide bonds. The number of sulfonamides is 1. The minimum Gasteiger partial charge on any atom is -0.392 e. The summed E-state index contributed by atoms with van der Waals surface area (Å²) >= 11 is 0. The molecule has 0 aliphatic carbocycles. The number of nitrogens with zero attached hydrogens (tertiary/aromatic N) is 1. The molecule has 1 rings (SSSR count). The van der Waals surface area contributed by atoms with Crippen LogP contribution in [-0.4, -0.2) is 56.8 Å². The van der Waals surface area contributed by atoms with Gasteiger partial charge in [0.15, 0.2) is 0 Å². The van der Waals surface area contributed by atoms with Crippen molar-refractivity contribution in [3.8, 4) is 0 Å². The number of aryl methyl sites for hydroxylation is 1. The maximum absolute atomic E-state index is 12.1. The average molecular weight is 318 g/mol. The summed E-state index contributed by atoms with van der Waals surface area (Å²) in [6, 6.07) is 1.32. The monoisotopic (exact) mass is 318 g/mol. The molecule has 1 atom stereocenters. The molecule has 0 fully saturated rings. The van der Waals surface area contributed by atoms with Crippen LogP contribution in [0.5, 0.6) is 0 Å². The lowest BCUT2D eigenvalue weighted by molar-refractivity contribution is 0.0955. The van der Waals surface area contributed by atoms with E-state index in [9.17, 15) is 13.2 Å². The predicted octanol–water partition coefficient (Wildman–Crippen LogP) is -1.37. The van der Waals surface area contributed by atoms with Crippen LogP contribution in [0.1, 0.15) is 17.4 Å². The Balaban J connectivity index is 2.64. The van der Waals surface area contributed by atoms with Gasteiger partial charge in [-0.05, 0) is 13.0 Å². The summed E-state index contributed by atoms with van der Waals surface area (Å²) in [7, 11) is -0.571. The van der Waals surface area contributed by atoms with Crippen molar-refractivity contribution in [1.82, 2.24) is 19.9 Å². The van der Waals surface area contributed by atoms with Gasteiger partial charge in [0.2, 0.25) is 10.0 Å². The third-order valence-corrected chi connectivity index (χ3v) is 4.21. The standard InChI is InChI=1S/C12H22N4O4S/c1-9(17)7-14-4-5-15-21(19,20)10-6-11(12(18)13-2)16(3)8-10/h6,8-9,14-15,17H,4-5,7H2,1-3H3,(H,13,18). The molecule has 1 aromatic rings.